The third kappa shape index (κ3) is 23.6. The maximum absolute atomic E-state index is 12.0. The summed E-state index contributed by atoms with van der Waals surface area (Å²) in [5.41, 5.74) is 32.8. The molecule has 47 nitrogen and oxygen atoms in total. The number of piperazine rings is 3. The molecule has 8 aliphatic rings. The molecular formula is C88H116N40O7. The molecule has 47 heteroatoms. The summed E-state index contributed by atoms with van der Waals surface area (Å²) < 4.78 is 32.8. The van der Waals surface area contributed by atoms with Crippen molar-refractivity contribution in [3.63, 3.8) is 0 Å². The fraction of sp³-hybridized carbons (Fsp3) is 0.432. The predicted octanol–water partition coefficient (Wildman–Crippen LogP) is 4.76. The van der Waals surface area contributed by atoms with Crippen molar-refractivity contribution in [2.45, 2.75) is 39.3 Å². The number of anilines is 20. The number of nitrogen functional groups attached to an aromatic ring is 4. The molecule has 2 atom stereocenters. The summed E-state index contributed by atoms with van der Waals surface area (Å²) in [6, 6.07) is 41.0. The number of hydrogen-bond acceptors (Lipinski definition) is 41. The van der Waals surface area contributed by atoms with Crippen molar-refractivity contribution in [2.24, 2.45) is 0 Å². The molecule has 8 fully saturated rings. The van der Waals surface area contributed by atoms with Crippen LogP contribution in [-0.2, 0) is 28.5 Å². The average Bonchev–Trinajstić information content (AvgIpc) is 1.58. The van der Waals surface area contributed by atoms with E-state index in [1.165, 1.54) is 49.1 Å². The van der Waals surface area contributed by atoms with Crippen molar-refractivity contribution in [3.8, 4) is 23.3 Å². The molecule has 8 aromatic heterocycles. The van der Waals surface area contributed by atoms with E-state index in [1.54, 1.807) is 25.1 Å². The smallest absolute Gasteiger partial charge is 0.409 e. The van der Waals surface area contributed by atoms with Crippen LogP contribution >= 0.6 is 0 Å². The Hall–Kier alpha value is -14.9. The Balaban J connectivity index is 0.000000125. The van der Waals surface area contributed by atoms with Crippen LogP contribution < -0.4 is 88.7 Å². The zero-order chi connectivity index (χ0) is 93.1. The van der Waals surface area contributed by atoms with Gasteiger partial charge in [0.25, 0.3) is 0 Å². The summed E-state index contributed by atoms with van der Waals surface area (Å²) in [5.74, 6) is 8.05. The van der Waals surface area contributed by atoms with Crippen LogP contribution in [0.5, 0.6) is 0 Å². The Morgan fingerprint density at radius 1 is 0.378 bits per heavy atom. The summed E-state index contributed by atoms with van der Waals surface area (Å²) in [5, 5.41) is 34.3. The van der Waals surface area contributed by atoms with E-state index in [0.29, 0.717) is 118 Å². The molecule has 0 spiro atoms. The number of nitrogens with zero attached hydrogens (tertiary/aromatic N) is 31. The third-order valence-electron chi connectivity index (χ3n) is 24.0. The minimum Gasteiger partial charge on any atom is -0.450 e. The van der Waals surface area contributed by atoms with Gasteiger partial charge in [-0.05, 0) is 131 Å². The van der Waals surface area contributed by atoms with Crippen LogP contribution in [0, 0.1) is 0 Å². The zero-order valence-corrected chi connectivity index (χ0v) is 76.5. The van der Waals surface area contributed by atoms with Gasteiger partial charge >= 0.3 is 6.09 Å². The lowest BCUT2D eigenvalue weighted by Gasteiger charge is -2.34. The van der Waals surface area contributed by atoms with Gasteiger partial charge in [-0.2, -0.15) is 38.7 Å². The van der Waals surface area contributed by atoms with E-state index < -0.39 is 0 Å². The Kier molecular flexibility index (Phi) is 29.7. The molecule has 0 saturated carbocycles. The van der Waals surface area contributed by atoms with Gasteiger partial charge in [-0.15, -0.1) is 20.4 Å². The first-order chi connectivity index (χ1) is 65.9. The molecule has 4 aromatic carbocycles. The maximum Gasteiger partial charge on any atom is 0.409 e. The van der Waals surface area contributed by atoms with Gasteiger partial charge in [0.1, 0.15) is 48.6 Å². The largest absolute Gasteiger partial charge is 0.450 e. The lowest BCUT2D eigenvalue weighted by molar-refractivity contribution is -0.129. The van der Waals surface area contributed by atoms with Gasteiger partial charge in [0, 0.05) is 226 Å². The molecule has 0 aliphatic carbocycles. The molecule has 20 rings (SSSR count). The molecule has 0 radical (unpaired) electrons. The summed E-state index contributed by atoms with van der Waals surface area (Å²) in [7, 11) is 4.22. The SMILES string of the molecule is CC(=O)N1CCN(c2cc(-n3nc(Nc4ccc(N5CCOCC5)cc4)nc3N)ncn2)CC1.CC1CN(c2cc(-n3nc(Nc4ccc(N5CCOCC5)cc4)nc3N)ncn2)CCN1.CCOC(=O)N1CCN(c2cc(-n3nc(Nc4ccc(N5CCOCC5)cc4)nc3N)ncn2)CC1.CN(C)C1CCN(c2cc(-n3nc(Nc4ccc(N5CCOCC5)cc4)nc3N)ncn2)C1. The highest BCUT2D eigenvalue weighted by Crippen LogP contribution is 2.31. The highest BCUT2D eigenvalue weighted by molar-refractivity contribution is 5.74. The Morgan fingerprint density at radius 2 is 0.667 bits per heavy atom. The molecule has 710 valence electrons. The zero-order valence-electron chi connectivity index (χ0n) is 76.5. The second kappa shape index (κ2) is 43.6. The first kappa shape index (κ1) is 91.9. The minimum atomic E-state index is -0.285. The topological polar surface area (TPSA) is 506 Å². The fourth-order valence-electron chi connectivity index (χ4n) is 16.6. The van der Waals surface area contributed by atoms with Crippen molar-refractivity contribution >= 4 is 128 Å². The van der Waals surface area contributed by atoms with Gasteiger partial charge in [0.2, 0.25) is 53.5 Å². The summed E-state index contributed by atoms with van der Waals surface area (Å²) >= 11 is 0. The molecule has 135 heavy (non-hydrogen) atoms. The number of amides is 2. The normalized spacial score (nSPS) is 17.6. The number of nitrogens with one attached hydrogen (secondary N) is 5. The van der Waals surface area contributed by atoms with Crippen molar-refractivity contribution in [2.75, 3.05) is 294 Å². The average molecular weight is 1850 g/mol. The van der Waals surface area contributed by atoms with Crippen LogP contribution in [0.4, 0.5) is 121 Å². The first-order valence-corrected chi connectivity index (χ1v) is 45.5. The van der Waals surface area contributed by atoms with Crippen LogP contribution in [-0.4, -0.2) is 349 Å². The lowest BCUT2D eigenvalue weighted by Crippen LogP contribution is -2.49. The van der Waals surface area contributed by atoms with Crippen molar-refractivity contribution in [1.29, 1.82) is 0 Å². The van der Waals surface area contributed by atoms with E-state index in [1.807, 2.05) is 77.7 Å². The predicted molar refractivity (Wildman–Crippen MR) is 516 cm³/mol. The van der Waals surface area contributed by atoms with E-state index in [9.17, 15) is 9.59 Å². The number of rotatable bonds is 22. The minimum absolute atomic E-state index is 0.0918. The molecular weight excluding hydrogens is 1730 g/mol. The highest BCUT2D eigenvalue weighted by atomic mass is 16.6. The summed E-state index contributed by atoms with van der Waals surface area (Å²) in [6.45, 7) is 28.9. The fourth-order valence-corrected chi connectivity index (χ4v) is 16.6. The standard InChI is InChI=1S/C23H30N10O3.C22H28N10O2.C22H30N10O.C21H28N10O/c1-2-36-23(34)32-9-7-31(8-10-32)19-15-20(26-16-25-19)33-21(24)28-22(29-33)27-17-3-5-18(6-4-17)30-11-13-35-14-12-30;1-16(33)29-6-8-31(9-7-29)19-14-20(25-15-24-19)32-21(23)27-22(28-32)26-17-2-4-18(5-3-17)30-10-12-34-13-11-30;1-29(2)18-7-8-31(14-18)19-13-20(25-15-24-19)32-21(23)27-22(28-32)26-16-3-5-17(6-4-16)30-9-11-33-12-10-30;1-15-13-30(7-6-23-15)18-12-19(25-14-24-18)31-20(22)27-21(28-31)26-16-2-4-17(5-3-16)29-8-10-32-11-9-29/h3-6,15-16H,2,7-14H2,1H3,(H3,24,27,28,29);2-5,14-15H,6-13H2,1H3,(H3,23,26,27,28);3-6,13,15,18H,7-12,14H2,1-2H3,(H3,23,26,27,28);2-5,12,14-15,23H,6-11,13H2,1H3,(H3,22,26,27,28). The number of likely N-dealkylation sites (N-methyl/N-ethyl adjacent to an activating group) is 1. The van der Waals surface area contributed by atoms with E-state index in [-0.39, 0.29) is 35.8 Å². The van der Waals surface area contributed by atoms with E-state index in [2.05, 4.69) is 220 Å². The molecule has 0 bridgehead atoms. The van der Waals surface area contributed by atoms with E-state index >= 15 is 0 Å². The first-order valence-electron chi connectivity index (χ1n) is 45.5. The Labute approximate surface area is 780 Å². The lowest BCUT2D eigenvalue weighted by atomic mass is 10.2. The van der Waals surface area contributed by atoms with Crippen LogP contribution in [0.15, 0.2) is 147 Å². The number of benzene rings is 4. The number of hydrogen-bond donors (Lipinski definition) is 9. The number of aromatic nitrogens is 20. The molecule has 16 heterocycles. The Bertz CT molecular complexity index is 5850. The van der Waals surface area contributed by atoms with Gasteiger partial charge in [-0.1, -0.05) is 0 Å². The van der Waals surface area contributed by atoms with Crippen molar-refractivity contribution in [1.82, 2.24) is 119 Å². The molecule has 2 unspecified atom stereocenters. The highest BCUT2D eigenvalue weighted by Gasteiger charge is 2.30. The number of ether oxygens (including phenoxy) is 5. The van der Waals surface area contributed by atoms with Gasteiger partial charge in [0.15, 0.2) is 23.3 Å². The Morgan fingerprint density at radius 3 is 0.948 bits per heavy atom. The van der Waals surface area contributed by atoms with Crippen LogP contribution in [0.3, 0.4) is 0 Å². The quantitative estimate of drug-likeness (QED) is 0.0441. The van der Waals surface area contributed by atoms with Gasteiger partial charge in [0.05, 0.1) is 59.5 Å². The number of morpholine rings is 4. The van der Waals surface area contributed by atoms with Crippen molar-refractivity contribution < 1.29 is 33.3 Å². The maximum atomic E-state index is 12.0. The number of carbonyl (C=O) groups is 2. The molecule has 8 saturated heterocycles. The number of nitrogens with two attached hydrogens (primary N) is 4. The van der Waals surface area contributed by atoms with Crippen LogP contribution in [0.25, 0.3) is 23.3 Å². The van der Waals surface area contributed by atoms with Gasteiger partial charge < -0.3 is 127 Å². The molecule has 8 aliphatic heterocycles. The van der Waals surface area contributed by atoms with E-state index in [0.717, 1.165) is 202 Å². The third-order valence-corrected chi connectivity index (χ3v) is 24.0. The van der Waals surface area contributed by atoms with Crippen LogP contribution in [0.1, 0.15) is 27.2 Å². The second-order valence-corrected chi connectivity index (χ2v) is 33.2. The van der Waals surface area contributed by atoms with Gasteiger partial charge in [-0.25, -0.2) is 44.7 Å². The number of carbonyl (C=O) groups excluding carboxylic acids is 2. The van der Waals surface area contributed by atoms with Crippen molar-refractivity contribution in [3.05, 3.63) is 147 Å². The molecule has 2 amide bonds. The molecule has 13 N–H and O–H groups in total. The summed E-state index contributed by atoms with van der Waals surface area (Å²) in [4.78, 5) is 99.7. The second-order valence-electron chi connectivity index (χ2n) is 33.2. The monoisotopic (exact) mass is 1840 g/mol. The summed E-state index contributed by atoms with van der Waals surface area (Å²) in [6.07, 6.45) is 6.87. The van der Waals surface area contributed by atoms with Crippen LogP contribution in [0.2, 0.25) is 0 Å². The van der Waals surface area contributed by atoms with Gasteiger partial charge in [-0.3, -0.25) is 4.79 Å². The van der Waals surface area contributed by atoms with E-state index in [4.69, 9.17) is 46.6 Å². The molecule has 12 aromatic rings.